The molecule has 2 aliphatic rings. The summed E-state index contributed by atoms with van der Waals surface area (Å²) in [5.74, 6) is 2.39. The molecular formula is C18H25ClN2O2. The van der Waals surface area contributed by atoms with Crippen LogP contribution in [0.5, 0.6) is 5.75 Å². The zero-order valence-corrected chi connectivity index (χ0v) is 14.8. The van der Waals surface area contributed by atoms with Crippen LogP contribution in [0.4, 0.5) is 0 Å². The van der Waals surface area contributed by atoms with E-state index in [2.05, 4.69) is 19.2 Å². The molecule has 1 N–H and O–H groups in total. The van der Waals surface area contributed by atoms with Gasteiger partial charge in [-0.05, 0) is 47.9 Å². The monoisotopic (exact) mass is 336 g/mol. The van der Waals surface area contributed by atoms with Crippen molar-refractivity contribution in [3.63, 3.8) is 0 Å². The van der Waals surface area contributed by atoms with Gasteiger partial charge in [-0.2, -0.15) is 0 Å². The van der Waals surface area contributed by atoms with Crippen molar-refractivity contribution in [2.24, 2.45) is 11.8 Å². The van der Waals surface area contributed by atoms with Gasteiger partial charge in [-0.15, -0.1) is 0 Å². The van der Waals surface area contributed by atoms with Crippen LogP contribution in [-0.2, 0) is 4.79 Å². The summed E-state index contributed by atoms with van der Waals surface area (Å²) in [6, 6.07) is 3.89. The molecule has 0 aromatic heterocycles. The minimum Gasteiger partial charge on any atom is -0.483 e. The Kier molecular flexibility index (Phi) is 4.83. The van der Waals surface area contributed by atoms with Gasteiger partial charge in [0.15, 0.2) is 6.61 Å². The van der Waals surface area contributed by atoms with Crippen molar-refractivity contribution in [1.82, 2.24) is 10.2 Å². The summed E-state index contributed by atoms with van der Waals surface area (Å²) in [5.41, 5.74) is 2.02. The van der Waals surface area contributed by atoms with Crippen LogP contribution in [0.25, 0.3) is 0 Å². The third-order valence-corrected chi connectivity index (χ3v) is 5.41. The molecule has 4 nitrogen and oxygen atoms in total. The van der Waals surface area contributed by atoms with E-state index in [1.165, 1.54) is 0 Å². The summed E-state index contributed by atoms with van der Waals surface area (Å²) < 4.78 is 5.87. The molecule has 1 aromatic rings. The van der Waals surface area contributed by atoms with Gasteiger partial charge < -0.3 is 15.0 Å². The maximum Gasteiger partial charge on any atom is 0.260 e. The number of carbonyl (C=O) groups excluding carboxylic acids is 1. The van der Waals surface area contributed by atoms with E-state index < -0.39 is 0 Å². The van der Waals surface area contributed by atoms with Gasteiger partial charge in [0.2, 0.25) is 0 Å². The van der Waals surface area contributed by atoms with E-state index in [-0.39, 0.29) is 12.5 Å². The van der Waals surface area contributed by atoms with E-state index >= 15 is 0 Å². The predicted octanol–water partition coefficient (Wildman–Crippen LogP) is 2.83. The second-order valence-electron chi connectivity index (χ2n) is 7.06. The average Bonchev–Trinajstić information content (AvgIpc) is 3.08. The number of halogens is 1. The first-order valence-electron chi connectivity index (χ1n) is 8.37. The number of hydrogen-bond acceptors (Lipinski definition) is 3. The van der Waals surface area contributed by atoms with Gasteiger partial charge in [-0.1, -0.05) is 25.4 Å². The van der Waals surface area contributed by atoms with Crippen molar-refractivity contribution in [2.45, 2.75) is 26.7 Å². The van der Waals surface area contributed by atoms with Crippen LogP contribution < -0.4 is 10.1 Å². The number of nitrogens with one attached hydrogen (secondary N) is 1. The average molecular weight is 337 g/mol. The number of carbonyl (C=O) groups is 1. The molecule has 3 rings (SSSR count). The minimum absolute atomic E-state index is 0.0849. The van der Waals surface area contributed by atoms with Gasteiger partial charge in [0.1, 0.15) is 5.75 Å². The third kappa shape index (κ3) is 3.48. The highest BCUT2D eigenvalue weighted by Gasteiger charge is 2.38. The molecule has 0 aliphatic carbocycles. The van der Waals surface area contributed by atoms with E-state index in [0.29, 0.717) is 17.8 Å². The van der Waals surface area contributed by atoms with Crippen LogP contribution in [0.15, 0.2) is 12.1 Å². The molecule has 2 atom stereocenters. The SMILES string of the molecule is Cc1cc(OCC(=O)N2C[C@H]3CNC[C@H]3C2)c(C(C)C)cc1Cl. The fourth-order valence-electron chi connectivity index (χ4n) is 3.54. The molecule has 1 aromatic carbocycles. The van der Waals surface area contributed by atoms with Crippen molar-refractivity contribution in [1.29, 1.82) is 0 Å². The molecule has 2 saturated heterocycles. The molecule has 0 radical (unpaired) electrons. The number of hydrogen-bond donors (Lipinski definition) is 1. The Morgan fingerprint density at radius 1 is 1.35 bits per heavy atom. The van der Waals surface area contributed by atoms with Gasteiger partial charge in [0.05, 0.1) is 0 Å². The first-order chi connectivity index (χ1) is 11.0. The topological polar surface area (TPSA) is 41.6 Å². The number of nitrogens with zero attached hydrogens (tertiary/aromatic N) is 1. The predicted molar refractivity (Wildman–Crippen MR) is 92.2 cm³/mol. The largest absolute Gasteiger partial charge is 0.483 e. The Morgan fingerprint density at radius 3 is 2.61 bits per heavy atom. The van der Waals surface area contributed by atoms with Crippen molar-refractivity contribution in [2.75, 3.05) is 32.8 Å². The van der Waals surface area contributed by atoms with Gasteiger partial charge in [-0.3, -0.25) is 4.79 Å². The number of aryl methyl sites for hydroxylation is 1. The van der Waals surface area contributed by atoms with E-state index in [4.69, 9.17) is 16.3 Å². The Hall–Kier alpha value is -1.26. The number of amides is 1. The third-order valence-electron chi connectivity index (χ3n) is 5.01. The fraction of sp³-hybridized carbons (Fsp3) is 0.611. The normalized spacial score (nSPS) is 23.4. The second-order valence-corrected chi connectivity index (χ2v) is 7.47. The summed E-state index contributed by atoms with van der Waals surface area (Å²) >= 11 is 6.21. The number of benzene rings is 1. The molecule has 126 valence electrons. The molecule has 0 saturated carbocycles. The first-order valence-corrected chi connectivity index (χ1v) is 8.74. The lowest BCUT2D eigenvalue weighted by atomic mass is 10.0. The van der Waals surface area contributed by atoms with Crippen molar-refractivity contribution in [3.8, 4) is 5.75 Å². The second kappa shape index (κ2) is 6.70. The highest BCUT2D eigenvalue weighted by molar-refractivity contribution is 6.31. The van der Waals surface area contributed by atoms with Crippen LogP contribution in [0.1, 0.15) is 30.9 Å². The number of rotatable bonds is 4. The standard InChI is InChI=1S/C18H25ClN2O2/c1-11(2)15-5-16(19)12(3)4-17(15)23-10-18(22)21-8-13-6-20-7-14(13)9-21/h4-5,11,13-14,20H,6-10H2,1-3H3/t13-,14+. The number of fused-ring (bicyclic) bond motifs is 1. The molecule has 2 aliphatic heterocycles. The molecule has 5 heteroatoms. The summed E-state index contributed by atoms with van der Waals surface area (Å²) in [4.78, 5) is 14.4. The van der Waals surface area contributed by atoms with Crippen molar-refractivity contribution in [3.05, 3.63) is 28.3 Å². The number of likely N-dealkylation sites (tertiary alicyclic amines) is 1. The van der Waals surface area contributed by atoms with E-state index in [0.717, 1.165) is 48.1 Å². The summed E-state index contributed by atoms with van der Waals surface area (Å²) in [6.07, 6.45) is 0. The molecule has 0 bridgehead atoms. The Labute approximate surface area is 143 Å². The quantitative estimate of drug-likeness (QED) is 0.919. The number of ether oxygens (including phenoxy) is 1. The maximum atomic E-state index is 12.4. The summed E-state index contributed by atoms with van der Waals surface area (Å²) in [5, 5.41) is 4.13. The molecule has 0 spiro atoms. The van der Waals surface area contributed by atoms with Crippen LogP contribution in [-0.4, -0.2) is 43.6 Å². The first kappa shape index (κ1) is 16.6. The lowest BCUT2D eigenvalue weighted by molar-refractivity contribution is -0.132. The highest BCUT2D eigenvalue weighted by atomic mass is 35.5. The van der Waals surface area contributed by atoms with Crippen molar-refractivity contribution < 1.29 is 9.53 Å². The smallest absolute Gasteiger partial charge is 0.260 e. The lowest BCUT2D eigenvalue weighted by Crippen LogP contribution is -2.35. The van der Waals surface area contributed by atoms with E-state index in [1.807, 2.05) is 24.0 Å². The van der Waals surface area contributed by atoms with Gasteiger partial charge in [0.25, 0.3) is 5.91 Å². The van der Waals surface area contributed by atoms with Gasteiger partial charge >= 0.3 is 0 Å². The maximum absolute atomic E-state index is 12.4. The molecule has 1 amide bonds. The van der Waals surface area contributed by atoms with Gasteiger partial charge in [-0.25, -0.2) is 0 Å². The van der Waals surface area contributed by atoms with E-state index in [9.17, 15) is 4.79 Å². The van der Waals surface area contributed by atoms with Crippen LogP contribution in [0, 0.1) is 18.8 Å². The molecular weight excluding hydrogens is 312 g/mol. The molecule has 2 heterocycles. The lowest BCUT2D eigenvalue weighted by Gasteiger charge is -2.20. The van der Waals surface area contributed by atoms with Crippen LogP contribution in [0.3, 0.4) is 0 Å². The van der Waals surface area contributed by atoms with E-state index in [1.54, 1.807) is 0 Å². The molecule has 23 heavy (non-hydrogen) atoms. The van der Waals surface area contributed by atoms with Crippen LogP contribution in [0.2, 0.25) is 5.02 Å². The van der Waals surface area contributed by atoms with Crippen LogP contribution >= 0.6 is 11.6 Å². The van der Waals surface area contributed by atoms with Gasteiger partial charge in [0, 0.05) is 31.2 Å². The summed E-state index contributed by atoms with van der Waals surface area (Å²) in [6.45, 7) is 10.0. The Bertz CT molecular complexity index is 591. The molecule has 0 unspecified atom stereocenters. The summed E-state index contributed by atoms with van der Waals surface area (Å²) in [7, 11) is 0. The van der Waals surface area contributed by atoms with Crippen molar-refractivity contribution >= 4 is 17.5 Å². The Balaban J connectivity index is 1.64. The Morgan fingerprint density at radius 2 is 2.00 bits per heavy atom. The minimum atomic E-state index is 0.0849. The fourth-order valence-corrected chi connectivity index (χ4v) is 3.71. The zero-order valence-electron chi connectivity index (χ0n) is 14.1. The highest BCUT2D eigenvalue weighted by Crippen LogP contribution is 2.32. The molecule has 2 fully saturated rings. The zero-order chi connectivity index (χ0) is 16.6.